The summed E-state index contributed by atoms with van der Waals surface area (Å²) in [5.41, 5.74) is 1.95. The Kier molecular flexibility index (Phi) is 9.65. The van der Waals surface area contributed by atoms with Crippen molar-refractivity contribution in [2.24, 2.45) is 4.99 Å². The van der Waals surface area contributed by atoms with E-state index in [1.54, 1.807) is 16.2 Å². The summed E-state index contributed by atoms with van der Waals surface area (Å²) in [4.78, 5) is 23.1. The van der Waals surface area contributed by atoms with E-state index < -0.39 is 0 Å². The van der Waals surface area contributed by atoms with E-state index in [1.165, 1.54) is 0 Å². The third kappa shape index (κ3) is 6.84. The zero-order chi connectivity index (χ0) is 19.8. The summed E-state index contributed by atoms with van der Waals surface area (Å²) in [6, 6.07) is 7.65. The Morgan fingerprint density at radius 2 is 2.17 bits per heavy atom. The number of hydrogen-bond acceptors (Lipinski definition) is 5. The van der Waals surface area contributed by atoms with Gasteiger partial charge in [0.15, 0.2) is 12.6 Å². The lowest BCUT2D eigenvalue weighted by Gasteiger charge is -2.29. The van der Waals surface area contributed by atoms with E-state index in [9.17, 15) is 4.79 Å². The molecule has 3 rings (SSSR count). The number of aryl methyl sites for hydroxylation is 1. The number of para-hydroxylation sites is 2. The molecule has 0 spiro atoms. The summed E-state index contributed by atoms with van der Waals surface area (Å²) in [6.45, 7) is 7.01. The first kappa shape index (κ1) is 23.4. The van der Waals surface area contributed by atoms with Crippen LogP contribution >= 0.6 is 35.3 Å². The summed E-state index contributed by atoms with van der Waals surface area (Å²) in [6.07, 6.45) is 1.65. The van der Waals surface area contributed by atoms with Crippen molar-refractivity contribution in [3.8, 4) is 5.75 Å². The Labute approximate surface area is 193 Å². The molecule has 1 aromatic carbocycles. The minimum absolute atomic E-state index is 0. The van der Waals surface area contributed by atoms with Crippen LogP contribution in [0.4, 0.5) is 5.69 Å². The molecule has 9 heteroatoms. The van der Waals surface area contributed by atoms with Crippen molar-refractivity contribution in [3.63, 3.8) is 0 Å². The van der Waals surface area contributed by atoms with Crippen molar-refractivity contribution in [1.29, 1.82) is 0 Å². The van der Waals surface area contributed by atoms with Crippen LogP contribution in [0.3, 0.4) is 0 Å². The highest BCUT2D eigenvalue weighted by atomic mass is 127. The smallest absolute Gasteiger partial charge is 0.265 e. The Morgan fingerprint density at radius 3 is 2.93 bits per heavy atom. The highest BCUT2D eigenvalue weighted by Gasteiger charge is 2.24. The molecule has 0 unspecified atom stereocenters. The van der Waals surface area contributed by atoms with Gasteiger partial charge in [0, 0.05) is 38.0 Å². The number of thiazole rings is 1. The van der Waals surface area contributed by atoms with Crippen LogP contribution in [0.15, 0.2) is 34.6 Å². The molecular weight excluding hydrogens is 501 g/mol. The summed E-state index contributed by atoms with van der Waals surface area (Å²) >= 11 is 1.67. The molecule has 0 radical (unpaired) electrons. The fourth-order valence-corrected chi connectivity index (χ4v) is 3.64. The maximum absolute atomic E-state index is 12.2. The van der Waals surface area contributed by atoms with E-state index in [2.05, 4.69) is 26.0 Å². The SMILES string of the molecule is CCNC(=NCCCN1C(=O)COc2ccccc21)NCCc1csc(C)n1.I. The largest absolute Gasteiger partial charge is 0.482 e. The maximum Gasteiger partial charge on any atom is 0.265 e. The van der Waals surface area contributed by atoms with Gasteiger partial charge in [0.1, 0.15) is 5.75 Å². The predicted molar refractivity (Wildman–Crippen MR) is 129 cm³/mol. The van der Waals surface area contributed by atoms with Crippen LogP contribution in [-0.4, -0.2) is 49.6 Å². The molecule has 2 N–H and O–H groups in total. The van der Waals surface area contributed by atoms with E-state index in [-0.39, 0.29) is 36.5 Å². The fourth-order valence-electron chi connectivity index (χ4n) is 2.99. The van der Waals surface area contributed by atoms with E-state index in [1.807, 2.05) is 38.1 Å². The number of anilines is 1. The monoisotopic (exact) mass is 529 g/mol. The van der Waals surface area contributed by atoms with Gasteiger partial charge in [0.05, 0.1) is 16.4 Å². The van der Waals surface area contributed by atoms with Crippen molar-refractivity contribution in [2.75, 3.05) is 37.7 Å². The van der Waals surface area contributed by atoms with Gasteiger partial charge in [0.2, 0.25) is 0 Å². The average Bonchev–Trinajstić information content (AvgIpc) is 3.11. The van der Waals surface area contributed by atoms with E-state index in [4.69, 9.17) is 4.74 Å². The molecular formula is C20H28IN5O2S. The van der Waals surface area contributed by atoms with Gasteiger partial charge in [-0.25, -0.2) is 4.98 Å². The van der Waals surface area contributed by atoms with Crippen LogP contribution < -0.4 is 20.3 Å². The number of amides is 1. The average molecular weight is 529 g/mol. The zero-order valence-electron chi connectivity index (χ0n) is 16.8. The minimum atomic E-state index is -0.00809. The lowest BCUT2D eigenvalue weighted by Crippen LogP contribution is -2.40. The first-order chi connectivity index (χ1) is 13.7. The quantitative estimate of drug-likeness (QED) is 0.238. The van der Waals surface area contributed by atoms with E-state index in [0.29, 0.717) is 13.1 Å². The topological polar surface area (TPSA) is 78.9 Å². The predicted octanol–water partition coefficient (Wildman–Crippen LogP) is 2.98. The Bertz CT molecular complexity index is 827. The first-order valence-corrected chi connectivity index (χ1v) is 10.5. The molecule has 7 nitrogen and oxygen atoms in total. The Hall–Kier alpha value is -1.88. The molecule has 0 fully saturated rings. The van der Waals surface area contributed by atoms with Gasteiger partial charge in [-0.2, -0.15) is 0 Å². The highest BCUT2D eigenvalue weighted by Crippen LogP contribution is 2.31. The number of nitrogens with one attached hydrogen (secondary N) is 2. The number of carbonyl (C=O) groups excluding carboxylic acids is 1. The molecule has 1 aliphatic heterocycles. The van der Waals surface area contributed by atoms with Gasteiger partial charge >= 0.3 is 0 Å². The number of rotatable bonds is 8. The van der Waals surface area contributed by atoms with Crippen LogP contribution in [-0.2, 0) is 11.2 Å². The van der Waals surface area contributed by atoms with Gasteiger partial charge in [0.25, 0.3) is 5.91 Å². The molecule has 0 saturated heterocycles. The van der Waals surface area contributed by atoms with Crippen LogP contribution in [0.1, 0.15) is 24.0 Å². The van der Waals surface area contributed by atoms with Crippen molar-refractivity contribution in [2.45, 2.75) is 26.7 Å². The summed E-state index contributed by atoms with van der Waals surface area (Å²) in [5, 5.41) is 9.79. The number of nitrogens with zero attached hydrogens (tertiary/aromatic N) is 3. The number of fused-ring (bicyclic) bond motifs is 1. The van der Waals surface area contributed by atoms with Crippen molar-refractivity contribution >= 4 is 52.9 Å². The summed E-state index contributed by atoms with van der Waals surface area (Å²) in [5.74, 6) is 1.55. The third-order valence-electron chi connectivity index (χ3n) is 4.30. The second-order valence-electron chi connectivity index (χ2n) is 6.45. The standard InChI is InChI=1S/C20H27N5O2S.HI/c1-3-21-20(23-11-9-16-14-28-15(2)24-16)22-10-6-12-25-17-7-4-5-8-18(17)27-13-19(25)26;/h4-5,7-8,14H,3,6,9-13H2,1-2H3,(H2,21,22,23);1H. The summed E-state index contributed by atoms with van der Waals surface area (Å²) < 4.78 is 5.48. The maximum atomic E-state index is 12.2. The second kappa shape index (κ2) is 12.0. The van der Waals surface area contributed by atoms with Crippen LogP contribution in [0.2, 0.25) is 0 Å². The molecule has 0 atom stereocenters. The molecule has 1 aliphatic rings. The molecule has 0 saturated carbocycles. The Morgan fingerprint density at radius 1 is 1.34 bits per heavy atom. The minimum Gasteiger partial charge on any atom is -0.482 e. The van der Waals surface area contributed by atoms with Gasteiger partial charge in [-0.1, -0.05) is 12.1 Å². The van der Waals surface area contributed by atoms with Gasteiger partial charge < -0.3 is 20.3 Å². The summed E-state index contributed by atoms with van der Waals surface area (Å²) in [7, 11) is 0. The molecule has 0 aliphatic carbocycles. The third-order valence-corrected chi connectivity index (χ3v) is 5.12. The number of ether oxygens (including phenoxy) is 1. The number of aromatic nitrogens is 1. The molecule has 158 valence electrons. The number of aliphatic imine (C=N–C) groups is 1. The van der Waals surface area contributed by atoms with E-state index in [0.717, 1.165) is 54.0 Å². The highest BCUT2D eigenvalue weighted by molar-refractivity contribution is 14.0. The van der Waals surface area contributed by atoms with Crippen LogP contribution in [0.5, 0.6) is 5.75 Å². The van der Waals surface area contributed by atoms with Crippen molar-refractivity contribution < 1.29 is 9.53 Å². The lowest BCUT2D eigenvalue weighted by atomic mass is 10.2. The molecule has 1 amide bonds. The van der Waals surface area contributed by atoms with Crippen LogP contribution in [0, 0.1) is 6.92 Å². The second-order valence-corrected chi connectivity index (χ2v) is 7.51. The van der Waals surface area contributed by atoms with Gasteiger partial charge in [-0.15, -0.1) is 35.3 Å². The first-order valence-electron chi connectivity index (χ1n) is 9.62. The normalized spacial score (nSPS) is 13.4. The number of halogens is 1. The number of carbonyl (C=O) groups is 1. The van der Waals surface area contributed by atoms with Gasteiger partial charge in [-0.05, 0) is 32.4 Å². The molecule has 2 aromatic rings. The Balaban J connectivity index is 0.00000300. The number of benzene rings is 1. The number of hydrogen-bond donors (Lipinski definition) is 2. The van der Waals surface area contributed by atoms with E-state index >= 15 is 0 Å². The van der Waals surface area contributed by atoms with Crippen molar-refractivity contribution in [3.05, 3.63) is 40.3 Å². The van der Waals surface area contributed by atoms with Gasteiger partial charge in [-0.3, -0.25) is 9.79 Å². The van der Waals surface area contributed by atoms with Crippen molar-refractivity contribution in [1.82, 2.24) is 15.6 Å². The lowest BCUT2D eigenvalue weighted by molar-refractivity contribution is -0.121. The zero-order valence-corrected chi connectivity index (χ0v) is 20.0. The van der Waals surface area contributed by atoms with Crippen LogP contribution in [0.25, 0.3) is 0 Å². The molecule has 0 bridgehead atoms. The molecule has 1 aromatic heterocycles. The molecule has 2 heterocycles. The number of guanidine groups is 1. The molecule has 29 heavy (non-hydrogen) atoms. The fraction of sp³-hybridized carbons (Fsp3) is 0.450.